The average molecular weight is 409 g/mol. The topological polar surface area (TPSA) is 75.3 Å². The molecule has 0 saturated heterocycles. The Bertz CT molecular complexity index is 1180. The van der Waals surface area contributed by atoms with Crippen molar-refractivity contribution in [2.75, 3.05) is 10.0 Å². The average Bonchev–Trinajstić information content (AvgIpc) is 2.64. The van der Waals surface area contributed by atoms with Gasteiger partial charge in [0.15, 0.2) is 0 Å². The molecule has 0 saturated carbocycles. The Balaban J connectivity index is 1.89. The van der Waals surface area contributed by atoms with Crippen molar-refractivity contribution >= 4 is 27.3 Å². The highest BCUT2D eigenvalue weighted by molar-refractivity contribution is 7.92. The summed E-state index contributed by atoms with van der Waals surface area (Å²) >= 11 is 0. The minimum absolute atomic E-state index is 0.0765. The maximum atomic E-state index is 13.0. The molecule has 2 N–H and O–H groups in total. The number of rotatable bonds is 5. The summed E-state index contributed by atoms with van der Waals surface area (Å²) in [4.78, 5) is 12.7. The molecule has 5 nitrogen and oxygen atoms in total. The van der Waals surface area contributed by atoms with Crippen LogP contribution in [0.3, 0.4) is 0 Å². The standard InChI is InChI=1S/C23H24N2O3S/c1-15-6-5-7-20(12-15)24-23(26)19-10-8-17(3)22(14-19)29(27,28)25-21-11-9-16(2)18(4)13-21/h5-14,25H,1-4H3,(H,24,26). The van der Waals surface area contributed by atoms with E-state index in [1.165, 1.54) is 6.07 Å². The second-order valence-corrected chi connectivity index (χ2v) is 8.86. The van der Waals surface area contributed by atoms with Gasteiger partial charge in [-0.1, -0.05) is 24.3 Å². The molecule has 0 aromatic heterocycles. The van der Waals surface area contributed by atoms with Crippen molar-refractivity contribution in [1.82, 2.24) is 0 Å². The molecular formula is C23H24N2O3S. The van der Waals surface area contributed by atoms with Gasteiger partial charge in [-0.25, -0.2) is 8.42 Å². The zero-order valence-corrected chi connectivity index (χ0v) is 17.7. The fourth-order valence-corrected chi connectivity index (χ4v) is 4.29. The molecule has 0 bridgehead atoms. The van der Waals surface area contributed by atoms with Crippen molar-refractivity contribution in [3.63, 3.8) is 0 Å². The Morgan fingerprint density at radius 2 is 1.48 bits per heavy atom. The predicted octanol–water partition coefficient (Wildman–Crippen LogP) is 4.97. The largest absolute Gasteiger partial charge is 0.322 e. The minimum atomic E-state index is -3.84. The molecule has 0 aliphatic heterocycles. The van der Waals surface area contributed by atoms with Gasteiger partial charge >= 0.3 is 0 Å². The molecular weight excluding hydrogens is 384 g/mol. The van der Waals surface area contributed by atoms with Gasteiger partial charge in [-0.3, -0.25) is 9.52 Å². The Morgan fingerprint density at radius 3 is 2.17 bits per heavy atom. The number of sulfonamides is 1. The molecule has 0 spiro atoms. The van der Waals surface area contributed by atoms with Crippen molar-refractivity contribution < 1.29 is 13.2 Å². The first-order chi connectivity index (χ1) is 13.7. The zero-order chi connectivity index (χ0) is 21.2. The first-order valence-corrected chi connectivity index (χ1v) is 10.7. The molecule has 0 unspecified atom stereocenters. The van der Waals surface area contributed by atoms with Gasteiger partial charge in [0, 0.05) is 16.9 Å². The number of aryl methyl sites for hydroxylation is 4. The quantitative estimate of drug-likeness (QED) is 0.626. The fourth-order valence-electron chi connectivity index (χ4n) is 2.97. The van der Waals surface area contributed by atoms with Crippen LogP contribution in [-0.2, 0) is 10.0 Å². The molecule has 3 rings (SSSR count). The van der Waals surface area contributed by atoms with E-state index in [0.717, 1.165) is 16.7 Å². The van der Waals surface area contributed by atoms with E-state index in [2.05, 4.69) is 10.0 Å². The normalized spacial score (nSPS) is 11.2. The molecule has 0 radical (unpaired) electrons. The number of amides is 1. The second kappa shape index (κ2) is 8.09. The third kappa shape index (κ3) is 4.84. The highest BCUT2D eigenvalue weighted by Gasteiger charge is 2.20. The molecule has 150 valence electrons. The van der Waals surface area contributed by atoms with Crippen LogP contribution >= 0.6 is 0 Å². The van der Waals surface area contributed by atoms with E-state index < -0.39 is 10.0 Å². The highest BCUT2D eigenvalue weighted by atomic mass is 32.2. The summed E-state index contributed by atoms with van der Waals surface area (Å²) in [7, 11) is -3.84. The maximum Gasteiger partial charge on any atom is 0.262 e. The van der Waals surface area contributed by atoms with E-state index in [4.69, 9.17) is 0 Å². The van der Waals surface area contributed by atoms with Crippen LogP contribution in [0.15, 0.2) is 65.6 Å². The Kier molecular flexibility index (Phi) is 5.75. The van der Waals surface area contributed by atoms with Gasteiger partial charge in [0.25, 0.3) is 15.9 Å². The van der Waals surface area contributed by atoms with Gasteiger partial charge in [-0.2, -0.15) is 0 Å². The van der Waals surface area contributed by atoms with Crippen molar-refractivity contribution in [3.8, 4) is 0 Å². The molecule has 6 heteroatoms. The van der Waals surface area contributed by atoms with E-state index in [1.54, 1.807) is 37.3 Å². The summed E-state index contributed by atoms with van der Waals surface area (Å²) < 4.78 is 28.5. The molecule has 0 fully saturated rings. The number of carbonyl (C=O) groups is 1. The fraction of sp³-hybridized carbons (Fsp3) is 0.174. The molecule has 1 amide bonds. The molecule has 3 aromatic carbocycles. The van der Waals surface area contributed by atoms with Gasteiger partial charge in [-0.15, -0.1) is 0 Å². The van der Waals surface area contributed by atoms with Crippen molar-refractivity contribution in [3.05, 3.63) is 88.5 Å². The van der Waals surface area contributed by atoms with E-state index in [-0.39, 0.29) is 16.4 Å². The first-order valence-electron chi connectivity index (χ1n) is 9.24. The van der Waals surface area contributed by atoms with Crippen LogP contribution in [0, 0.1) is 27.7 Å². The number of hydrogen-bond donors (Lipinski definition) is 2. The van der Waals surface area contributed by atoms with Crippen LogP contribution in [0.25, 0.3) is 0 Å². The Labute approximate surface area is 171 Å². The number of nitrogens with one attached hydrogen (secondary N) is 2. The van der Waals surface area contributed by atoms with Crippen LogP contribution in [0.4, 0.5) is 11.4 Å². The molecule has 0 atom stereocenters. The van der Waals surface area contributed by atoms with Crippen molar-refractivity contribution in [2.24, 2.45) is 0 Å². The number of hydrogen-bond acceptors (Lipinski definition) is 3. The smallest absolute Gasteiger partial charge is 0.262 e. The number of anilines is 2. The maximum absolute atomic E-state index is 13.0. The highest BCUT2D eigenvalue weighted by Crippen LogP contribution is 2.23. The lowest BCUT2D eigenvalue weighted by molar-refractivity contribution is 0.102. The summed E-state index contributed by atoms with van der Waals surface area (Å²) in [5, 5.41) is 2.81. The monoisotopic (exact) mass is 408 g/mol. The molecule has 29 heavy (non-hydrogen) atoms. The van der Waals surface area contributed by atoms with E-state index in [9.17, 15) is 13.2 Å². The third-order valence-electron chi connectivity index (χ3n) is 4.77. The van der Waals surface area contributed by atoms with Gasteiger partial charge in [0.2, 0.25) is 0 Å². The lowest BCUT2D eigenvalue weighted by atomic mass is 10.1. The first kappa shape index (κ1) is 20.6. The van der Waals surface area contributed by atoms with Crippen LogP contribution in [0.5, 0.6) is 0 Å². The van der Waals surface area contributed by atoms with Gasteiger partial charge < -0.3 is 5.32 Å². The van der Waals surface area contributed by atoms with Crippen molar-refractivity contribution in [1.29, 1.82) is 0 Å². The Hall–Kier alpha value is -3.12. The summed E-state index contributed by atoms with van der Waals surface area (Å²) in [5.41, 5.74) is 5.08. The van der Waals surface area contributed by atoms with Crippen LogP contribution < -0.4 is 10.0 Å². The summed E-state index contributed by atoms with van der Waals surface area (Å²) in [6.07, 6.45) is 0. The van der Waals surface area contributed by atoms with Gasteiger partial charge in [-0.05, 0) is 86.3 Å². The lowest BCUT2D eigenvalue weighted by Gasteiger charge is -2.13. The van der Waals surface area contributed by atoms with Gasteiger partial charge in [0.1, 0.15) is 0 Å². The Morgan fingerprint density at radius 1 is 0.759 bits per heavy atom. The summed E-state index contributed by atoms with van der Waals surface area (Å²) in [6.45, 7) is 7.53. The van der Waals surface area contributed by atoms with Crippen LogP contribution in [-0.4, -0.2) is 14.3 Å². The summed E-state index contributed by atoms with van der Waals surface area (Å²) in [6, 6.07) is 17.5. The van der Waals surface area contributed by atoms with E-state index in [1.807, 2.05) is 45.0 Å². The van der Waals surface area contributed by atoms with Crippen molar-refractivity contribution in [2.45, 2.75) is 32.6 Å². The zero-order valence-electron chi connectivity index (χ0n) is 16.9. The lowest BCUT2D eigenvalue weighted by Crippen LogP contribution is -2.17. The molecule has 0 aliphatic carbocycles. The van der Waals surface area contributed by atoms with Gasteiger partial charge in [0.05, 0.1) is 4.90 Å². The third-order valence-corrected chi connectivity index (χ3v) is 6.30. The number of benzene rings is 3. The molecule has 0 heterocycles. The second-order valence-electron chi connectivity index (χ2n) is 7.21. The molecule has 3 aromatic rings. The number of carbonyl (C=O) groups excluding carboxylic acids is 1. The SMILES string of the molecule is Cc1cccc(NC(=O)c2ccc(C)c(S(=O)(=O)Nc3ccc(C)c(C)c3)c2)c1. The van der Waals surface area contributed by atoms with Crippen LogP contribution in [0.1, 0.15) is 32.6 Å². The van der Waals surface area contributed by atoms with Crippen LogP contribution in [0.2, 0.25) is 0 Å². The molecule has 0 aliphatic rings. The van der Waals surface area contributed by atoms with E-state index >= 15 is 0 Å². The van der Waals surface area contributed by atoms with E-state index in [0.29, 0.717) is 16.9 Å². The predicted molar refractivity (Wildman–Crippen MR) is 117 cm³/mol. The summed E-state index contributed by atoms with van der Waals surface area (Å²) in [5.74, 6) is -0.363. The minimum Gasteiger partial charge on any atom is -0.322 e.